The Labute approximate surface area is 159 Å². The topological polar surface area (TPSA) is 80.5 Å². The van der Waals surface area contributed by atoms with Crippen molar-refractivity contribution in [2.75, 3.05) is 39.5 Å². The van der Waals surface area contributed by atoms with Crippen molar-refractivity contribution in [3.63, 3.8) is 0 Å². The van der Waals surface area contributed by atoms with E-state index in [0.29, 0.717) is 41.2 Å². The summed E-state index contributed by atoms with van der Waals surface area (Å²) < 4.78 is 5.84. The van der Waals surface area contributed by atoms with Crippen molar-refractivity contribution in [3.05, 3.63) is 42.0 Å². The van der Waals surface area contributed by atoms with Gasteiger partial charge in [0, 0.05) is 23.9 Å². The van der Waals surface area contributed by atoms with Crippen molar-refractivity contribution >= 4 is 33.4 Å². The van der Waals surface area contributed by atoms with E-state index in [4.69, 9.17) is 15.5 Å². The highest BCUT2D eigenvalue weighted by atomic mass is 16.5. The number of carbonyl (C=O) groups is 1. The summed E-state index contributed by atoms with van der Waals surface area (Å²) in [5, 5.41) is 4.55. The van der Waals surface area contributed by atoms with Gasteiger partial charge in [-0.3, -0.25) is 4.79 Å². The summed E-state index contributed by atoms with van der Waals surface area (Å²) in [6.45, 7) is 3.99. The number of nitrogens with zero attached hydrogens (tertiary/aromatic N) is 2. The lowest BCUT2D eigenvalue weighted by molar-refractivity contribution is 0.0952. The van der Waals surface area contributed by atoms with Crippen molar-refractivity contribution in [2.45, 2.75) is 13.3 Å². The first kappa shape index (κ1) is 18.9. The maximum Gasteiger partial charge on any atom is 0.253 e. The minimum Gasteiger partial charge on any atom is -0.491 e. The number of amides is 1. The maximum absolute atomic E-state index is 12.7. The van der Waals surface area contributed by atoms with Crippen LogP contribution in [0.5, 0.6) is 5.75 Å². The van der Waals surface area contributed by atoms with Crippen molar-refractivity contribution in [1.29, 1.82) is 0 Å². The summed E-state index contributed by atoms with van der Waals surface area (Å²) in [6, 6.07) is 11.2. The van der Waals surface area contributed by atoms with Crippen LogP contribution in [0.1, 0.15) is 23.7 Å². The standard InChI is InChI=1S/C21H26N4O2/c1-4-13-27-17-10-6-8-15-18(22)14-7-5-9-16(19(14)24-20(15)17)21(26)23-11-12-25(2)3/h5-10H,4,11-13H2,1-3H3,(H2,22,24)(H,23,26). The highest BCUT2D eigenvalue weighted by Gasteiger charge is 2.16. The molecule has 0 unspecified atom stereocenters. The Kier molecular flexibility index (Phi) is 5.76. The van der Waals surface area contributed by atoms with Crippen LogP contribution in [0, 0.1) is 0 Å². The molecule has 0 aliphatic carbocycles. The van der Waals surface area contributed by atoms with Gasteiger partial charge >= 0.3 is 0 Å². The maximum atomic E-state index is 12.7. The Hall–Kier alpha value is -2.86. The zero-order valence-electron chi connectivity index (χ0n) is 16.1. The number of benzene rings is 2. The molecule has 27 heavy (non-hydrogen) atoms. The molecule has 0 saturated carbocycles. The molecule has 0 saturated heterocycles. The average molecular weight is 366 g/mol. The molecule has 3 N–H and O–H groups in total. The van der Waals surface area contributed by atoms with Crippen LogP contribution >= 0.6 is 0 Å². The Morgan fingerprint density at radius 1 is 1.15 bits per heavy atom. The minimum atomic E-state index is -0.152. The highest BCUT2D eigenvalue weighted by Crippen LogP contribution is 2.34. The van der Waals surface area contributed by atoms with E-state index in [0.717, 1.165) is 23.7 Å². The molecule has 0 atom stereocenters. The van der Waals surface area contributed by atoms with E-state index in [9.17, 15) is 4.79 Å². The lowest BCUT2D eigenvalue weighted by Gasteiger charge is -2.14. The molecule has 6 nitrogen and oxygen atoms in total. The molecule has 2 aromatic carbocycles. The molecule has 0 radical (unpaired) electrons. The van der Waals surface area contributed by atoms with Crippen molar-refractivity contribution in [1.82, 2.24) is 15.2 Å². The van der Waals surface area contributed by atoms with E-state index >= 15 is 0 Å². The van der Waals surface area contributed by atoms with Gasteiger partial charge in [-0.15, -0.1) is 0 Å². The van der Waals surface area contributed by atoms with E-state index in [2.05, 4.69) is 12.2 Å². The van der Waals surface area contributed by atoms with Gasteiger partial charge in [0.25, 0.3) is 5.91 Å². The molecule has 0 bridgehead atoms. The van der Waals surface area contributed by atoms with Gasteiger partial charge in [0.15, 0.2) is 0 Å². The quantitative estimate of drug-likeness (QED) is 0.628. The number of ether oxygens (including phenoxy) is 1. The first-order valence-electron chi connectivity index (χ1n) is 9.19. The lowest BCUT2D eigenvalue weighted by atomic mass is 10.0. The van der Waals surface area contributed by atoms with Gasteiger partial charge in [0.2, 0.25) is 0 Å². The third-order valence-electron chi connectivity index (χ3n) is 4.39. The number of likely N-dealkylation sites (N-methyl/N-ethyl adjacent to an activating group) is 1. The first-order valence-corrected chi connectivity index (χ1v) is 9.19. The summed E-state index contributed by atoms with van der Waals surface area (Å²) in [7, 11) is 3.94. The van der Waals surface area contributed by atoms with Crippen LogP contribution < -0.4 is 15.8 Å². The van der Waals surface area contributed by atoms with Gasteiger partial charge in [-0.2, -0.15) is 0 Å². The number of hydrogen-bond donors (Lipinski definition) is 2. The first-order chi connectivity index (χ1) is 13.0. The fourth-order valence-corrected chi connectivity index (χ4v) is 2.99. The van der Waals surface area contributed by atoms with Gasteiger partial charge in [-0.1, -0.05) is 31.2 Å². The number of hydrogen-bond acceptors (Lipinski definition) is 5. The van der Waals surface area contributed by atoms with E-state index in [-0.39, 0.29) is 5.91 Å². The fourth-order valence-electron chi connectivity index (χ4n) is 2.99. The lowest BCUT2D eigenvalue weighted by Crippen LogP contribution is -2.31. The summed E-state index contributed by atoms with van der Waals surface area (Å²) in [5.41, 5.74) is 8.84. The fraction of sp³-hybridized carbons (Fsp3) is 0.333. The number of nitrogen functional groups attached to an aromatic ring is 1. The van der Waals surface area contributed by atoms with E-state index < -0.39 is 0 Å². The molecule has 142 valence electrons. The Morgan fingerprint density at radius 3 is 2.56 bits per heavy atom. The number of carbonyl (C=O) groups excluding carboxylic acids is 1. The Balaban J connectivity index is 2.09. The number of pyridine rings is 1. The Bertz CT molecular complexity index is 969. The van der Waals surface area contributed by atoms with Gasteiger partial charge in [0.1, 0.15) is 11.3 Å². The summed E-state index contributed by atoms with van der Waals surface area (Å²) in [4.78, 5) is 19.5. The third kappa shape index (κ3) is 3.95. The van der Waals surface area contributed by atoms with Crippen LogP contribution in [0.3, 0.4) is 0 Å². The molecule has 0 fully saturated rings. The van der Waals surface area contributed by atoms with E-state index in [1.54, 1.807) is 6.07 Å². The number of nitrogens with two attached hydrogens (primary N) is 1. The third-order valence-corrected chi connectivity index (χ3v) is 4.39. The summed E-state index contributed by atoms with van der Waals surface area (Å²) >= 11 is 0. The second-order valence-corrected chi connectivity index (χ2v) is 6.79. The van der Waals surface area contributed by atoms with E-state index in [1.807, 2.05) is 49.3 Å². The molecule has 0 aliphatic rings. The molecule has 3 rings (SSSR count). The number of para-hydroxylation sites is 2. The molecule has 1 aromatic heterocycles. The van der Waals surface area contributed by atoms with Crippen molar-refractivity contribution in [3.8, 4) is 5.75 Å². The summed E-state index contributed by atoms with van der Waals surface area (Å²) in [5.74, 6) is 0.534. The summed E-state index contributed by atoms with van der Waals surface area (Å²) in [6.07, 6.45) is 0.902. The number of rotatable bonds is 7. The van der Waals surface area contributed by atoms with Crippen LogP contribution in [0.4, 0.5) is 5.69 Å². The predicted molar refractivity (Wildman–Crippen MR) is 110 cm³/mol. The monoisotopic (exact) mass is 366 g/mol. The number of anilines is 1. The van der Waals surface area contributed by atoms with Crippen molar-refractivity contribution in [2.24, 2.45) is 0 Å². The number of fused-ring (bicyclic) bond motifs is 2. The van der Waals surface area contributed by atoms with Gasteiger partial charge in [-0.05, 0) is 32.6 Å². The molecule has 3 aromatic rings. The number of aromatic nitrogens is 1. The highest BCUT2D eigenvalue weighted by molar-refractivity contribution is 6.14. The molecular weight excluding hydrogens is 340 g/mol. The van der Waals surface area contributed by atoms with Crippen molar-refractivity contribution < 1.29 is 9.53 Å². The SMILES string of the molecule is CCCOc1cccc2c(N)c3cccc(C(=O)NCCN(C)C)c3nc12. The van der Waals surface area contributed by atoms with Crippen LogP contribution in [0.15, 0.2) is 36.4 Å². The second kappa shape index (κ2) is 8.22. The molecule has 0 aliphatic heterocycles. The van der Waals surface area contributed by atoms with E-state index in [1.165, 1.54) is 0 Å². The van der Waals surface area contributed by atoms with Crippen LogP contribution in [0.25, 0.3) is 21.8 Å². The van der Waals surface area contributed by atoms with Gasteiger partial charge in [-0.25, -0.2) is 4.98 Å². The Morgan fingerprint density at radius 2 is 1.85 bits per heavy atom. The predicted octanol–water partition coefficient (Wildman–Crippen LogP) is 3.05. The molecule has 0 spiro atoms. The second-order valence-electron chi connectivity index (χ2n) is 6.79. The van der Waals surface area contributed by atoms with Gasteiger partial charge in [0.05, 0.1) is 23.4 Å². The average Bonchev–Trinajstić information content (AvgIpc) is 2.66. The largest absolute Gasteiger partial charge is 0.491 e. The molecule has 6 heteroatoms. The number of nitrogens with one attached hydrogen (secondary N) is 1. The molecule has 1 heterocycles. The van der Waals surface area contributed by atoms with Crippen LogP contribution in [0.2, 0.25) is 0 Å². The van der Waals surface area contributed by atoms with Crippen LogP contribution in [-0.2, 0) is 0 Å². The molecule has 1 amide bonds. The smallest absolute Gasteiger partial charge is 0.253 e. The normalized spacial score (nSPS) is 11.3. The van der Waals surface area contributed by atoms with Gasteiger partial charge < -0.3 is 20.7 Å². The minimum absolute atomic E-state index is 0.152. The zero-order valence-corrected chi connectivity index (χ0v) is 16.1. The zero-order chi connectivity index (χ0) is 19.4. The molecular formula is C21H26N4O2. The van der Waals surface area contributed by atoms with Crippen LogP contribution in [-0.4, -0.2) is 49.6 Å².